The van der Waals surface area contributed by atoms with Crippen LogP contribution in [0.25, 0.3) is 5.69 Å². The molecule has 3 N–H and O–H groups in total. The van der Waals surface area contributed by atoms with Gasteiger partial charge in [-0.25, -0.2) is 9.48 Å². The molecule has 0 radical (unpaired) electrons. The normalized spacial score (nSPS) is 14.1. The van der Waals surface area contributed by atoms with E-state index in [-0.39, 0.29) is 6.54 Å². The van der Waals surface area contributed by atoms with E-state index in [0.29, 0.717) is 40.8 Å². The van der Waals surface area contributed by atoms with Crippen LogP contribution in [0.15, 0.2) is 78.9 Å². The molecule has 0 aliphatic heterocycles. The Morgan fingerprint density at radius 2 is 1.65 bits per heavy atom. The number of aryl methyl sites for hydroxylation is 1. The van der Waals surface area contributed by atoms with Crippen molar-refractivity contribution >= 4 is 17.7 Å². The number of benzene rings is 3. The summed E-state index contributed by atoms with van der Waals surface area (Å²) in [6, 6.07) is 20.9. The first-order valence-electron chi connectivity index (χ1n) is 15.2. The van der Waals surface area contributed by atoms with E-state index in [9.17, 15) is 22.8 Å². The summed E-state index contributed by atoms with van der Waals surface area (Å²) in [4.78, 5) is 25.7. The van der Waals surface area contributed by atoms with Gasteiger partial charge in [-0.2, -0.15) is 18.3 Å². The number of anilines is 1. The van der Waals surface area contributed by atoms with Crippen molar-refractivity contribution in [3.63, 3.8) is 0 Å². The molecule has 2 amide bonds. The highest BCUT2D eigenvalue weighted by Gasteiger charge is 2.31. The first kappa shape index (κ1) is 32.7. The maximum Gasteiger partial charge on any atom is 0.416 e. The summed E-state index contributed by atoms with van der Waals surface area (Å²) < 4.78 is 47.4. The van der Waals surface area contributed by atoms with E-state index in [4.69, 9.17) is 4.74 Å². The Morgan fingerprint density at radius 1 is 0.957 bits per heavy atom. The zero-order chi connectivity index (χ0) is 33.1. The number of carbonyl (C=O) groups is 2. The third kappa shape index (κ3) is 8.75. The Balaban J connectivity index is 1.35. The number of alkyl halides is 3. The summed E-state index contributed by atoms with van der Waals surface area (Å²) in [5.41, 5.74) is 2.73. The second-order valence-electron chi connectivity index (χ2n) is 12.6. The molecule has 1 fully saturated rings. The molecular formula is C35H38F3N5O3. The van der Waals surface area contributed by atoms with Crippen molar-refractivity contribution in [1.29, 1.82) is 0 Å². The molecule has 242 valence electrons. The fraction of sp³-hybridized carbons (Fsp3) is 0.343. The summed E-state index contributed by atoms with van der Waals surface area (Å²) in [5.74, 6) is 0.0999. The van der Waals surface area contributed by atoms with Crippen molar-refractivity contribution in [2.24, 2.45) is 5.92 Å². The Morgan fingerprint density at radius 3 is 2.35 bits per heavy atom. The summed E-state index contributed by atoms with van der Waals surface area (Å²) in [6.07, 6.45) is -2.81. The molecule has 4 aromatic rings. The SMILES string of the molecule is Cc1cc(C(=O)Nc2cccc(C(NCC3CC3)c3cccc(C(F)(F)F)c3)c2)n(-c2cccc(CNC(=O)OC(C)(C)C)c2)n1. The highest BCUT2D eigenvalue weighted by Crippen LogP contribution is 2.34. The van der Waals surface area contributed by atoms with E-state index in [0.717, 1.165) is 30.0 Å². The first-order valence-corrected chi connectivity index (χ1v) is 15.2. The predicted molar refractivity (Wildman–Crippen MR) is 170 cm³/mol. The largest absolute Gasteiger partial charge is 0.444 e. The first-order chi connectivity index (χ1) is 21.7. The summed E-state index contributed by atoms with van der Waals surface area (Å²) in [7, 11) is 0. The van der Waals surface area contributed by atoms with Gasteiger partial charge in [-0.1, -0.05) is 36.4 Å². The van der Waals surface area contributed by atoms with Crippen molar-refractivity contribution < 1.29 is 27.5 Å². The van der Waals surface area contributed by atoms with E-state index in [1.807, 2.05) is 30.3 Å². The van der Waals surface area contributed by atoms with Crippen LogP contribution in [0.1, 0.15) is 78.1 Å². The van der Waals surface area contributed by atoms with Crippen LogP contribution in [0.2, 0.25) is 0 Å². The van der Waals surface area contributed by atoms with Crippen LogP contribution in [-0.4, -0.2) is 33.9 Å². The molecule has 1 atom stereocenters. The molecule has 1 aromatic heterocycles. The van der Waals surface area contributed by atoms with Gasteiger partial charge in [-0.15, -0.1) is 0 Å². The number of aromatic nitrogens is 2. The fourth-order valence-electron chi connectivity index (χ4n) is 5.06. The minimum Gasteiger partial charge on any atom is -0.444 e. The molecule has 46 heavy (non-hydrogen) atoms. The quantitative estimate of drug-likeness (QED) is 0.167. The number of ether oxygens (including phenoxy) is 1. The standard InChI is InChI=1S/C35H38F3N5O3/c1-22-16-30(43(42-22)29-13-5-8-24(17-29)21-40-33(45)46-34(2,3)4)32(44)41-28-12-7-10-26(19-28)31(39-20-23-14-15-23)25-9-6-11-27(18-25)35(36,37)38/h5-13,16-19,23,31,39H,14-15,20-21H2,1-4H3,(H,40,45)(H,41,44). The molecule has 0 spiro atoms. The molecule has 0 bridgehead atoms. The topological polar surface area (TPSA) is 97.3 Å². The van der Waals surface area contributed by atoms with Crippen LogP contribution < -0.4 is 16.0 Å². The van der Waals surface area contributed by atoms with E-state index in [1.165, 1.54) is 16.8 Å². The summed E-state index contributed by atoms with van der Waals surface area (Å²) in [6.45, 7) is 8.05. The minimum atomic E-state index is -4.46. The molecule has 1 aliphatic carbocycles. The Labute approximate surface area is 266 Å². The lowest BCUT2D eigenvalue weighted by atomic mass is 9.96. The van der Waals surface area contributed by atoms with Crippen LogP contribution >= 0.6 is 0 Å². The summed E-state index contributed by atoms with van der Waals surface area (Å²) in [5, 5.41) is 13.6. The molecule has 1 aliphatic rings. The maximum atomic E-state index is 13.6. The highest BCUT2D eigenvalue weighted by molar-refractivity contribution is 6.03. The number of alkyl carbamates (subject to hydrolysis) is 1. The van der Waals surface area contributed by atoms with E-state index < -0.39 is 35.4 Å². The number of nitrogens with one attached hydrogen (secondary N) is 3. The van der Waals surface area contributed by atoms with Crippen LogP contribution in [0.4, 0.5) is 23.7 Å². The van der Waals surface area contributed by atoms with Gasteiger partial charge in [0.2, 0.25) is 0 Å². The number of hydrogen-bond acceptors (Lipinski definition) is 5. The maximum absolute atomic E-state index is 13.6. The van der Waals surface area contributed by atoms with Crippen LogP contribution in [0, 0.1) is 12.8 Å². The van der Waals surface area contributed by atoms with E-state index >= 15 is 0 Å². The van der Waals surface area contributed by atoms with Crippen molar-refractivity contribution in [3.05, 3.63) is 113 Å². The molecule has 5 rings (SSSR count). The van der Waals surface area contributed by atoms with Crippen molar-refractivity contribution in [2.45, 2.75) is 64.9 Å². The Hall–Kier alpha value is -4.64. The summed E-state index contributed by atoms with van der Waals surface area (Å²) >= 11 is 0. The van der Waals surface area contributed by atoms with E-state index in [1.54, 1.807) is 58.0 Å². The van der Waals surface area contributed by atoms with Crippen LogP contribution in [0.3, 0.4) is 0 Å². The number of halogens is 3. The van der Waals surface area contributed by atoms with Crippen molar-refractivity contribution in [2.75, 3.05) is 11.9 Å². The van der Waals surface area contributed by atoms with Crippen molar-refractivity contribution in [3.8, 4) is 5.69 Å². The molecule has 1 heterocycles. The Bertz CT molecular complexity index is 1710. The van der Waals surface area contributed by atoms with Gasteiger partial charge >= 0.3 is 12.3 Å². The van der Waals surface area contributed by atoms with Gasteiger partial charge < -0.3 is 20.7 Å². The fourth-order valence-corrected chi connectivity index (χ4v) is 5.06. The second-order valence-corrected chi connectivity index (χ2v) is 12.6. The highest BCUT2D eigenvalue weighted by atomic mass is 19.4. The Kier molecular flexibility index (Phi) is 9.52. The minimum absolute atomic E-state index is 0.221. The number of nitrogens with zero attached hydrogens (tertiary/aromatic N) is 2. The number of amides is 2. The van der Waals surface area contributed by atoms with Gasteiger partial charge in [0.15, 0.2) is 0 Å². The van der Waals surface area contributed by atoms with Crippen molar-refractivity contribution in [1.82, 2.24) is 20.4 Å². The number of carbonyl (C=O) groups excluding carboxylic acids is 2. The monoisotopic (exact) mass is 633 g/mol. The molecule has 8 nitrogen and oxygen atoms in total. The lowest BCUT2D eigenvalue weighted by Gasteiger charge is -2.22. The van der Waals surface area contributed by atoms with Gasteiger partial charge in [-0.05, 0) is 112 Å². The average Bonchev–Trinajstić information content (AvgIpc) is 3.73. The van der Waals surface area contributed by atoms with Gasteiger partial charge in [0.25, 0.3) is 5.91 Å². The zero-order valence-electron chi connectivity index (χ0n) is 26.2. The van der Waals surface area contributed by atoms with Crippen LogP contribution in [0.5, 0.6) is 0 Å². The van der Waals surface area contributed by atoms with Crippen LogP contribution in [-0.2, 0) is 17.5 Å². The van der Waals surface area contributed by atoms with Gasteiger partial charge in [0.1, 0.15) is 11.3 Å². The number of hydrogen-bond donors (Lipinski definition) is 3. The third-order valence-corrected chi connectivity index (χ3v) is 7.39. The molecule has 1 saturated carbocycles. The molecule has 3 aromatic carbocycles. The van der Waals surface area contributed by atoms with Gasteiger partial charge in [-0.3, -0.25) is 4.79 Å². The average molecular weight is 634 g/mol. The van der Waals surface area contributed by atoms with Gasteiger partial charge in [0.05, 0.1) is 23.0 Å². The van der Waals surface area contributed by atoms with Gasteiger partial charge in [0, 0.05) is 12.2 Å². The smallest absolute Gasteiger partial charge is 0.416 e. The van der Waals surface area contributed by atoms with E-state index in [2.05, 4.69) is 21.0 Å². The zero-order valence-corrected chi connectivity index (χ0v) is 26.2. The molecular weight excluding hydrogens is 595 g/mol. The molecule has 11 heteroatoms. The molecule has 0 saturated heterocycles. The third-order valence-electron chi connectivity index (χ3n) is 7.39. The number of rotatable bonds is 10. The lowest BCUT2D eigenvalue weighted by Crippen LogP contribution is -2.32. The second kappa shape index (κ2) is 13.4. The predicted octanol–water partition coefficient (Wildman–Crippen LogP) is 7.57. The molecule has 1 unspecified atom stereocenters. The lowest BCUT2D eigenvalue weighted by molar-refractivity contribution is -0.137.